The first-order chi connectivity index (χ1) is 26.4. The molecule has 4 aliphatic rings. The number of aromatic nitrogens is 1. The van der Waals surface area contributed by atoms with E-state index < -0.39 is 0 Å². The average molecular weight is 751 g/mol. The first kappa shape index (κ1) is 34.9. The molecule has 11 rings (SSSR count). The molecule has 282 valence electrons. The maximum absolute atomic E-state index is 2.72. The summed E-state index contributed by atoms with van der Waals surface area (Å²) in [6.45, 7) is 27.1. The second-order valence-corrected chi connectivity index (χ2v) is 22.6. The summed E-state index contributed by atoms with van der Waals surface area (Å²) in [4.78, 5) is 2.72. The van der Waals surface area contributed by atoms with Gasteiger partial charge in [-0.05, 0) is 133 Å². The van der Waals surface area contributed by atoms with E-state index in [4.69, 9.17) is 0 Å². The van der Waals surface area contributed by atoms with Crippen molar-refractivity contribution in [3.05, 3.63) is 113 Å². The molecule has 0 spiro atoms. The molecule has 0 amide bonds. The van der Waals surface area contributed by atoms with Crippen molar-refractivity contribution in [1.82, 2.24) is 4.57 Å². The number of anilines is 3. The molecule has 0 radical (unpaired) electrons. The molecule has 2 aliphatic heterocycles. The van der Waals surface area contributed by atoms with Gasteiger partial charge in [-0.3, -0.25) is 0 Å². The summed E-state index contributed by atoms with van der Waals surface area (Å²) in [6, 6.07) is 34.3. The van der Waals surface area contributed by atoms with Crippen LogP contribution in [0.3, 0.4) is 0 Å². The van der Waals surface area contributed by atoms with Crippen LogP contribution in [0.5, 0.6) is 0 Å². The van der Waals surface area contributed by atoms with Crippen LogP contribution in [-0.4, -0.2) is 11.3 Å². The minimum atomic E-state index is -0.0459. The van der Waals surface area contributed by atoms with Crippen molar-refractivity contribution in [2.24, 2.45) is 0 Å². The average Bonchev–Trinajstić information content (AvgIpc) is 3.68. The zero-order valence-corrected chi connectivity index (χ0v) is 36.1. The van der Waals surface area contributed by atoms with Crippen molar-refractivity contribution in [2.45, 2.75) is 129 Å². The second-order valence-electron chi connectivity index (χ2n) is 21.5. The minimum Gasteiger partial charge on any atom is -0.311 e. The monoisotopic (exact) mass is 750 g/mol. The van der Waals surface area contributed by atoms with Gasteiger partial charge in [-0.2, -0.15) is 0 Å². The largest absolute Gasteiger partial charge is 0.311 e. The topological polar surface area (TPSA) is 8.17 Å². The van der Waals surface area contributed by atoms with E-state index in [1.54, 1.807) is 0 Å². The van der Waals surface area contributed by atoms with Crippen LogP contribution in [0.2, 0.25) is 0 Å². The van der Waals surface area contributed by atoms with Gasteiger partial charge in [-0.25, -0.2) is 0 Å². The Morgan fingerprint density at radius 1 is 0.554 bits per heavy atom. The first-order valence-electron chi connectivity index (χ1n) is 21.1. The van der Waals surface area contributed by atoms with Crippen LogP contribution in [0.15, 0.2) is 84.9 Å². The zero-order valence-electron chi connectivity index (χ0n) is 35.3. The third-order valence-electron chi connectivity index (χ3n) is 15.1. The van der Waals surface area contributed by atoms with E-state index in [-0.39, 0.29) is 33.8 Å². The third-order valence-corrected chi connectivity index (χ3v) is 16.3. The molecular weight excluding hydrogens is 695 g/mol. The highest BCUT2D eigenvalue weighted by Gasteiger charge is 2.47. The molecule has 0 unspecified atom stereocenters. The summed E-state index contributed by atoms with van der Waals surface area (Å²) in [5.41, 5.74) is 20.3. The molecule has 2 aliphatic carbocycles. The Kier molecular flexibility index (Phi) is 6.74. The van der Waals surface area contributed by atoms with Crippen LogP contribution in [0.1, 0.15) is 130 Å². The lowest BCUT2D eigenvalue weighted by Crippen LogP contribution is -2.61. The fourth-order valence-electron chi connectivity index (χ4n) is 11.4. The predicted octanol–water partition coefficient (Wildman–Crippen LogP) is 12.6. The van der Waals surface area contributed by atoms with Gasteiger partial charge in [0.15, 0.2) is 0 Å². The Labute approximate surface area is 338 Å². The van der Waals surface area contributed by atoms with E-state index in [1.165, 1.54) is 124 Å². The van der Waals surface area contributed by atoms with Gasteiger partial charge < -0.3 is 9.47 Å². The van der Waals surface area contributed by atoms with Crippen LogP contribution < -0.4 is 21.3 Å². The number of nitrogens with zero attached hydrogens (tertiary/aromatic N) is 2. The van der Waals surface area contributed by atoms with E-state index in [0.29, 0.717) is 0 Å². The Hall–Kier alpha value is -4.28. The SMILES string of the molecule is CC(C)(C)c1cc2c3c(c1)-n1c4c(cccc4c4sc5ccccc5c41)B3c1cc3c(cc1N2c1ccc2c(c1)C(C)(C)CCC2(C)C)C(C)(C)CCC3(C)C. The Bertz CT molecular complexity index is 2870. The molecule has 0 fully saturated rings. The van der Waals surface area contributed by atoms with Gasteiger partial charge in [0.1, 0.15) is 0 Å². The number of fused-ring (bicyclic) bond motifs is 11. The van der Waals surface area contributed by atoms with Crippen LogP contribution in [0.4, 0.5) is 17.1 Å². The summed E-state index contributed by atoms with van der Waals surface area (Å²) in [6.07, 6.45) is 4.82. The van der Waals surface area contributed by atoms with Crippen molar-refractivity contribution in [2.75, 3.05) is 4.90 Å². The normalized spacial score (nSPS) is 19.6. The highest BCUT2D eigenvalue weighted by atomic mass is 32.1. The highest BCUT2D eigenvalue weighted by molar-refractivity contribution is 7.26. The van der Waals surface area contributed by atoms with Crippen LogP contribution in [0, 0.1) is 0 Å². The van der Waals surface area contributed by atoms with Gasteiger partial charge in [0, 0.05) is 38.2 Å². The highest BCUT2D eigenvalue weighted by Crippen LogP contribution is 2.53. The molecule has 0 atom stereocenters. The van der Waals surface area contributed by atoms with Crippen LogP contribution >= 0.6 is 11.3 Å². The Morgan fingerprint density at radius 2 is 1.16 bits per heavy atom. The zero-order chi connectivity index (χ0) is 39.1. The summed E-state index contributed by atoms with van der Waals surface area (Å²) in [5, 5.41) is 2.74. The molecule has 7 aromatic rings. The third kappa shape index (κ3) is 4.51. The molecule has 0 N–H and O–H groups in total. The molecule has 0 saturated carbocycles. The molecule has 2 aromatic heterocycles. The molecule has 0 saturated heterocycles. The molecule has 56 heavy (non-hydrogen) atoms. The van der Waals surface area contributed by atoms with Crippen molar-refractivity contribution < 1.29 is 0 Å². The summed E-state index contributed by atoms with van der Waals surface area (Å²) in [7, 11) is 0. The van der Waals surface area contributed by atoms with Gasteiger partial charge >= 0.3 is 0 Å². The summed E-state index contributed by atoms with van der Waals surface area (Å²) >= 11 is 1.96. The molecule has 4 heterocycles. The Balaban J connectivity index is 1.32. The van der Waals surface area contributed by atoms with Crippen molar-refractivity contribution in [3.63, 3.8) is 0 Å². The van der Waals surface area contributed by atoms with Gasteiger partial charge in [0.2, 0.25) is 0 Å². The van der Waals surface area contributed by atoms with Gasteiger partial charge in [-0.1, -0.05) is 125 Å². The van der Waals surface area contributed by atoms with Crippen LogP contribution in [-0.2, 0) is 27.1 Å². The van der Waals surface area contributed by atoms with E-state index in [1.807, 2.05) is 11.3 Å². The second kappa shape index (κ2) is 10.8. The number of benzene rings is 5. The quantitative estimate of drug-likeness (QED) is 0.152. The Morgan fingerprint density at radius 3 is 1.86 bits per heavy atom. The lowest BCUT2D eigenvalue weighted by molar-refractivity contribution is 0.332. The van der Waals surface area contributed by atoms with Gasteiger partial charge in [-0.15, -0.1) is 11.3 Å². The van der Waals surface area contributed by atoms with Gasteiger partial charge in [0.05, 0.1) is 15.7 Å². The molecule has 0 bridgehead atoms. The van der Waals surface area contributed by atoms with E-state index in [9.17, 15) is 0 Å². The fraction of sp³-hybridized carbons (Fsp3) is 0.385. The van der Waals surface area contributed by atoms with E-state index in [0.717, 1.165) is 0 Å². The maximum Gasteiger partial charge on any atom is 0.252 e. The molecule has 5 aromatic carbocycles. The lowest BCUT2D eigenvalue weighted by Gasteiger charge is -2.47. The number of hydrogen-bond acceptors (Lipinski definition) is 2. The first-order valence-corrected chi connectivity index (χ1v) is 22.0. The van der Waals surface area contributed by atoms with E-state index in [2.05, 4.69) is 171 Å². The minimum absolute atomic E-state index is 0.0459. The van der Waals surface area contributed by atoms with Crippen molar-refractivity contribution in [3.8, 4) is 5.69 Å². The lowest BCUT2D eigenvalue weighted by atomic mass is 9.33. The number of thiophene rings is 1. The fourth-order valence-corrected chi connectivity index (χ4v) is 12.6. The number of para-hydroxylation sites is 1. The maximum atomic E-state index is 2.72. The van der Waals surface area contributed by atoms with Gasteiger partial charge in [0.25, 0.3) is 6.71 Å². The molecule has 4 heteroatoms. The number of rotatable bonds is 1. The number of hydrogen-bond donors (Lipinski definition) is 0. The summed E-state index contributed by atoms with van der Waals surface area (Å²) in [5.74, 6) is 0. The standard InChI is InChI=1S/C52H55BN2S/c1-48(2,3)30-25-41-44-42(26-30)55-45-33(47-46(55)32-15-12-13-18-43(32)56-47)16-14-17-38(45)53(44)39-28-36-37(52(10,11)24-23-51(36,8)9)29-40(39)54(41)31-19-20-34-35(27-31)50(6,7)22-21-49(34,4)5/h12-20,25-29H,21-24H2,1-11H3. The summed E-state index contributed by atoms with van der Waals surface area (Å²) < 4.78 is 5.46. The molecular formula is C52H55BN2S. The smallest absolute Gasteiger partial charge is 0.252 e. The van der Waals surface area contributed by atoms with E-state index >= 15 is 0 Å². The van der Waals surface area contributed by atoms with Crippen molar-refractivity contribution >= 4 is 82.7 Å². The predicted molar refractivity (Wildman–Crippen MR) is 245 cm³/mol. The van der Waals surface area contributed by atoms with Crippen molar-refractivity contribution in [1.29, 1.82) is 0 Å². The van der Waals surface area contributed by atoms with Crippen LogP contribution in [0.25, 0.3) is 36.9 Å². The molecule has 2 nitrogen and oxygen atoms in total.